The summed E-state index contributed by atoms with van der Waals surface area (Å²) in [5.41, 5.74) is 1.11. The predicted molar refractivity (Wildman–Crippen MR) is 87.6 cm³/mol. The zero-order valence-corrected chi connectivity index (χ0v) is 14.3. The zero-order chi connectivity index (χ0) is 14.4. The minimum atomic E-state index is -1.97. The molecule has 0 amide bonds. The standard InChI is InChI=1S/C15H23NO2SSi/c1-4-17-20(3,18-5-2)12-8-11-15-16-13-9-6-7-10-14(13)19-15/h6-7,9-10H,4-5,8,11-12H2,1-3H3. The van der Waals surface area contributed by atoms with Crippen molar-refractivity contribution in [2.75, 3.05) is 13.2 Å². The second-order valence-corrected chi connectivity index (χ2v) is 9.39. The Labute approximate surface area is 126 Å². The highest BCUT2D eigenvalue weighted by Gasteiger charge is 2.29. The number of thiazole rings is 1. The maximum atomic E-state index is 5.87. The molecular formula is C15H23NO2SSi. The van der Waals surface area contributed by atoms with Crippen LogP contribution in [0.3, 0.4) is 0 Å². The van der Waals surface area contributed by atoms with Crippen molar-refractivity contribution in [2.24, 2.45) is 0 Å². The van der Waals surface area contributed by atoms with E-state index in [2.05, 4.69) is 29.7 Å². The molecule has 0 aliphatic heterocycles. The van der Waals surface area contributed by atoms with Crippen molar-refractivity contribution < 1.29 is 8.85 Å². The topological polar surface area (TPSA) is 31.4 Å². The Morgan fingerprint density at radius 3 is 2.50 bits per heavy atom. The molecule has 0 unspecified atom stereocenters. The first-order chi connectivity index (χ1) is 9.67. The summed E-state index contributed by atoms with van der Waals surface area (Å²) >= 11 is 1.80. The molecule has 0 bridgehead atoms. The number of nitrogens with zero attached hydrogens (tertiary/aromatic N) is 1. The van der Waals surface area contributed by atoms with E-state index in [4.69, 9.17) is 8.85 Å². The third-order valence-corrected chi connectivity index (χ3v) is 7.42. The first-order valence-corrected chi connectivity index (χ1v) is 10.6. The largest absolute Gasteiger partial charge is 0.395 e. The molecule has 0 atom stereocenters. The third-order valence-electron chi connectivity index (χ3n) is 3.26. The molecule has 20 heavy (non-hydrogen) atoms. The minimum absolute atomic E-state index is 0.740. The highest BCUT2D eigenvalue weighted by molar-refractivity contribution is 7.18. The molecule has 1 aromatic heterocycles. The molecule has 0 saturated heterocycles. The third kappa shape index (κ3) is 4.12. The van der Waals surface area contributed by atoms with Gasteiger partial charge >= 0.3 is 8.56 Å². The predicted octanol–water partition coefficient (Wildman–Crippen LogP) is 4.37. The lowest BCUT2D eigenvalue weighted by Crippen LogP contribution is -2.38. The van der Waals surface area contributed by atoms with Gasteiger partial charge < -0.3 is 8.85 Å². The van der Waals surface area contributed by atoms with Gasteiger partial charge in [-0.15, -0.1) is 11.3 Å². The average molecular weight is 310 g/mol. The Kier molecular flexibility index (Phi) is 5.71. The summed E-state index contributed by atoms with van der Waals surface area (Å²) in [5.74, 6) is 0. The number of para-hydroxylation sites is 1. The van der Waals surface area contributed by atoms with Gasteiger partial charge in [0.1, 0.15) is 0 Å². The summed E-state index contributed by atoms with van der Waals surface area (Å²) in [6.07, 6.45) is 2.10. The Balaban J connectivity index is 1.91. The molecule has 2 aromatic rings. The molecular weight excluding hydrogens is 286 g/mol. The van der Waals surface area contributed by atoms with E-state index >= 15 is 0 Å². The van der Waals surface area contributed by atoms with Gasteiger partial charge in [0.05, 0.1) is 15.2 Å². The highest BCUT2D eigenvalue weighted by atomic mass is 32.1. The molecule has 0 aliphatic carbocycles. The van der Waals surface area contributed by atoms with Crippen LogP contribution in [0.25, 0.3) is 10.2 Å². The number of aryl methyl sites for hydroxylation is 1. The van der Waals surface area contributed by atoms with Crippen LogP contribution in [0.2, 0.25) is 12.6 Å². The number of rotatable bonds is 8. The first-order valence-electron chi connectivity index (χ1n) is 7.29. The second-order valence-electron chi connectivity index (χ2n) is 4.93. The summed E-state index contributed by atoms with van der Waals surface area (Å²) in [6, 6.07) is 9.35. The van der Waals surface area contributed by atoms with E-state index in [1.165, 1.54) is 9.71 Å². The Hall–Kier alpha value is -0.753. The second kappa shape index (κ2) is 7.31. The lowest BCUT2D eigenvalue weighted by molar-refractivity contribution is 0.188. The number of aromatic nitrogens is 1. The van der Waals surface area contributed by atoms with E-state index in [0.29, 0.717) is 0 Å². The SMILES string of the molecule is CCO[Si](C)(CCCc1nc2ccccc2s1)OCC. The highest BCUT2D eigenvalue weighted by Crippen LogP contribution is 2.24. The lowest BCUT2D eigenvalue weighted by atomic mass is 10.3. The van der Waals surface area contributed by atoms with Crippen LogP contribution in [0.15, 0.2) is 24.3 Å². The molecule has 1 heterocycles. The summed E-state index contributed by atoms with van der Waals surface area (Å²) in [7, 11) is -1.97. The van der Waals surface area contributed by atoms with Crippen LogP contribution >= 0.6 is 11.3 Å². The van der Waals surface area contributed by atoms with Gasteiger partial charge in [-0.3, -0.25) is 0 Å². The quantitative estimate of drug-likeness (QED) is 0.678. The molecule has 3 nitrogen and oxygen atoms in total. The van der Waals surface area contributed by atoms with E-state index < -0.39 is 8.56 Å². The average Bonchev–Trinajstić information content (AvgIpc) is 2.81. The number of hydrogen-bond acceptors (Lipinski definition) is 4. The van der Waals surface area contributed by atoms with E-state index in [1.807, 2.05) is 19.9 Å². The van der Waals surface area contributed by atoms with Gasteiger partial charge in [0, 0.05) is 13.2 Å². The van der Waals surface area contributed by atoms with Crippen LogP contribution in [-0.4, -0.2) is 26.8 Å². The van der Waals surface area contributed by atoms with Crippen molar-refractivity contribution >= 4 is 30.1 Å². The van der Waals surface area contributed by atoms with E-state index in [1.54, 1.807) is 11.3 Å². The molecule has 5 heteroatoms. The summed E-state index contributed by atoms with van der Waals surface area (Å²) in [5, 5.41) is 1.22. The molecule has 0 fully saturated rings. The van der Waals surface area contributed by atoms with Gasteiger partial charge in [0.2, 0.25) is 0 Å². The molecule has 2 rings (SSSR count). The summed E-state index contributed by atoms with van der Waals surface area (Å²) in [6.45, 7) is 7.72. The molecule has 0 N–H and O–H groups in total. The molecule has 0 aliphatic rings. The monoisotopic (exact) mass is 309 g/mol. The van der Waals surface area contributed by atoms with E-state index in [9.17, 15) is 0 Å². The van der Waals surface area contributed by atoms with Crippen LogP contribution in [0.1, 0.15) is 25.3 Å². The minimum Gasteiger partial charge on any atom is -0.395 e. The fourth-order valence-corrected chi connectivity index (χ4v) is 5.81. The van der Waals surface area contributed by atoms with Gasteiger partial charge in [-0.25, -0.2) is 4.98 Å². The van der Waals surface area contributed by atoms with Gasteiger partial charge in [-0.2, -0.15) is 0 Å². The van der Waals surface area contributed by atoms with Gasteiger partial charge in [-0.05, 0) is 51.4 Å². The smallest absolute Gasteiger partial charge is 0.334 e. The van der Waals surface area contributed by atoms with Crippen LogP contribution < -0.4 is 0 Å². The Morgan fingerprint density at radius 2 is 1.85 bits per heavy atom. The van der Waals surface area contributed by atoms with Crippen LogP contribution in [0, 0.1) is 0 Å². The maximum Gasteiger partial charge on any atom is 0.334 e. The fourth-order valence-electron chi connectivity index (χ4n) is 2.38. The summed E-state index contributed by atoms with van der Waals surface area (Å²) < 4.78 is 13.0. The van der Waals surface area contributed by atoms with Crippen LogP contribution in [0.4, 0.5) is 0 Å². The Morgan fingerprint density at radius 1 is 1.15 bits per heavy atom. The normalized spacial score (nSPS) is 12.2. The van der Waals surface area contributed by atoms with Crippen LogP contribution in [0.5, 0.6) is 0 Å². The maximum absolute atomic E-state index is 5.87. The molecule has 0 saturated carbocycles. The van der Waals surface area contributed by atoms with Crippen molar-refractivity contribution in [3.05, 3.63) is 29.3 Å². The molecule has 110 valence electrons. The van der Waals surface area contributed by atoms with Crippen molar-refractivity contribution in [3.63, 3.8) is 0 Å². The number of benzene rings is 1. The number of hydrogen-bond donors (Lipinski definition) is 0. The molecule has 1 aromatic carbocycles. The molecule has 0 radical (unpaired) electrons. The lowest BCUT2D eigenvalue weighted by Gasteiger charge is -2.25. The van der Waals surface area contributed by atoms with Crippen LogP contribution in [-0.2, 0) is 15.3 Å². The Bertz CT molecular complexity index is 504. The fraction of sp³-hybridized carbons (Fsp3) is 0.533. The molecule has 0 spiro atoms. The van der Waals surface area contributed by atoms with Crippen molar-refractivity contribution in [2.45, 2.75) is 39.3 Å². The van der Waals surface area contributed by atoms with Gasteiger partial charge in [0.25, 0.3) is 0 Å². The van der Waals surface area contributed by atoms with Crippen molar-refractivity contribution in [1.82, 2.24) is 4.98 Å². The zero-order valence-electron chi connectivity index (χ0n) is 12.5. The van der Waals surface area contributed by atoms with Gasteiger partial charge in [0.15, 0.2) is 0 Å². The first kappa shape index (κ1) is 15.6. The van der Waals surface area contributed by atoms with E-state index in [-0.39, 0.29) is 0 Å². The van der Waals surface area contributed by atoms with Crippen molar-refractivity contribution in [1.29, 1.82) is 0 Å². The van der Waals surface area contributed by atoms with Gasteiger partial charge in [-0.1, -0.05) is 12.1 Å². The van der Waals surface area contributed by atoms with Crippen molar-refractivity contribution in [3.8, 4) is 0 Å². The van der Waals surface area contributed by atoms with E-state index in [0.717, 1.165) is 37.6 Å². The number of fused-ring (bicyclic) bond motifs is 1. The summed E-state index contributed by atoms with van der Waals surface area (Å²) in [4.78, 5) is 4.68.